The first-order chi connectivity index (χ1) is 9.10. The van der Waals surface area contributed by atoms with Crippen LogP contribution in [0.4, 0.5) is 0 Å². The van der Waals surface area contributed by atoms with Crippen LogP contribution in [-0.2, 0) is 6.54 Å². The summed E-state index contributed by atoms with van der Waals surface area (Å²) in [4.78, 5) is 4.30. The van der Waals surface area contributed by atoms with E-state index in [4.69, 9.17) is 27.9 Å². The molecule has 1 heterocycles. The summed E-state index contributed by atoms with van der Waals surface area (Å²) in [6, 6.07) is 7.11. The highest BCUT2D eigenvalue weighted by molar-refractivity contribution is 6.34. The lowest BCUT2D eigenvalue weighted by molar-refractivity contribution is 0.458. The van der Waals surface area contributed by atoms with E-state index in [1.54, 1.807) is 24.4 Å². The van der Waals surface area contributed by atoms with Crippen molar-refractivity contribution in [2.75, 3.05) is 7.05 Å². The molecule has 19 heavy (non-hydrogen) atoms. The smallest absolute Gasteiger partial charge is 0.222 e. The summed E-state index contributed by atoms with van der Waals surface area (Å²) < 4.78 is 5.71. The molecule has 0 radical (unpaired) electrons. The Kier molecular flexibility index (Phi) is 4.64. The standard InChI is InChI=1S/C14H14Cl2N2O/c1-9-5-10(7-17-2)8-18-14(9)19-13-6-11(15)3-4-12(13)16/h3-6,8,17H,7H2,1-2H3. The molecule has 0 amide bonds. The molecular weight excluding hydrogens is 283 g/mol. The molecule has 0 aliphatic carbocycles. The summed E-state index contributed by atoms with van der Waals surface area (Å²) in [6.45, 7) is 2.71. The topological polar surface area (TPSA) is 34.2 Å². The van der Waals surface area contributed by atoms with Crippen molar-refractivity contribution in [1.29, 1.82) is 0 Å². The zero-order valence-corrected chi connectivity index (χ0v) is 12.2. The minimum absolute atomic E-state index is 0.505. The van der Waals surface area contributed by atoms with Gasteiger partial charge < -0.3 is 10.1 Å². The molecule has 100 valence electrons. The Morgan fingerprint density at radius 3 is 2.74 bits per heavy atom. The number of nitrogens with zero attached hydrogens (tertiary/aromatic N) is 1. The maximum absolute atomic E-state index is 6.06. The number of halogens is 2. The van der Waals surface area contributed by atoms with Crippen LogP contribution in [0.1, 0.15) is 11.1 Å². The van der Waals surface area contributed by atoms with Crippen molar-refractivity contribution in [2.24, 2.45) is 0 Å². The number of aryl methyl sites for hydroxylation is 1. The Balaban J connectivity index is 2.25. The van der Waals surface area contributed by atoms with Crippen molar-refractivity contribution in [3.8, 4) is 11.6 Å². The third kappa shape index (κ3) is 3.60. The van der Waals surface area contributed by atoms with E-state index in [1.165, 1.54) is 0 Å². The summed E-state index contributed by atoms with van der Waals surface area (Å²) in [5, 5.41) is 4.16. The average molecular weight is 297 g/mol. The Labute approximate surface area is 122 Å². The Hall–Kier alpha value is -1.29. The minimum Gasteiger partial charge on any atom is -0.437 e. The molecule has 1 aromatic heterocycles. The minimum atomic E-state index is 0.505. The monoisotopic (exact) mass is 296 g/mol. The summed E-state index contributed by atoms with van der Waals surface area (Å²) in [5.41, 5.74) is 2.05. The average Bonchev–Trinajstić information content (AvgIpc) is 2.37. The summed E-state index contributed by atoms with van der Waals surface area (Å²) in [6.07, 6.45) is 1.78. The van der Waals surface area contributed by atoms with Crippen LogP contribution in [0.3, 0.4) is 0 Å². The fourth-order valence-electron chi connectivity index (χ4n) is 1.69. The number of benzene rings is 1. The second-order valence-electron chi connectivity index (χ2n) is 4.17. The Morgan fingerprint density at radius 2 is 2.05 bits per heavy atom. The summed E-state index contributed by atoms with van der Waals surface area (Å²) in [7, 11) is 1.89. The number of pyridine rings is 1. The molecule has 1 aromatic carbocycles. The van der Waals surface area contributed by atoms with E-state index in [9.17, 15) is 0 Å². The first-order valence-corrected chi connectivity index (χ1v) is 6.59. The van der Waals surface area contributed by atoms with Gasteiger partial charge in [-0.3, -0.25) is 0 Å². The Bertz CT molecular complexity index is 588. The summed E-state index contributed by atoms with van der Waals surface area (Å²) in [5.74, 6) is 1.04. The predicted molar refractivity (Wildman–Crippen MR) is 78.3 cm³/mol. The van der Waals surface area contributed by atoms with Crippen LogP contribution in [0, 0.1) is 6.92 Å². The van der Waals surface area contributed by atoms with E-state index in [-0.39, 0.29) is 0 Å². The Morgan fingerprint density at radius 1 is 1.26 bits per heavy atom. The van der Waals surface area contributed by atoms with Gasteiger partial charge in [-0.15, -0.1) is 0 Å². The molecule has 0 saturated carbocycles. The highest BCUT2D eigenvalue weighted by Crippen LogP contribution is 2.32. The van der Waals surface area contributed by atoms with Crippen LogP contribution >= 0.6 is 23.2 Å². The van der Waals surface area contributed by atoms with E-state index in [2.05, 4.69) is 10.3 Å². The van der Waals surface area contributed by atoms with E-state index in [0.717, 1.165) is 17.7 Å². The molecule has 0 bridgehead atoms. The molecule has 0 spiro atoms. The highest BCUT2D eigenvalue weighted by atomic mass is 35.5. The molecule has 0 aliphatic heterocycles. The van der Waals surface area contributed by atoms with Gasteiger partial charge in [-0.05, 0) is 37.7 Å². The maximum atomic E-state index is 6.06. The lowest BCUT2D eigenvalue weighted by Crippen LogP contribution is -2.06. The lowest BCUT2D eigenvalue weighted by atomic mass is 10.2. The number of ether oxygens (including phenoxy) is 1. The largest absolute Gasteiger partial charge is 0.437 e. The van der Waals surface area contributed by atoms with E-state index in [1.807, 2.05) is 20.0 Å². The zero-order valence-electron chi connectivity index (χ0n) is 10.7. The van der Waals surface area contributed by atoms with Gasteiger partial charge in [-0.2, -0.15) is 0 Å². The van der Waals surface area contributed by atoms with Gasteiger partial charge in [0, 0.05) is 29.4 Å². The fraction of sp³-hybridized carbons (Fsp3) is 0.214. The van der Waals surface area contributed by atoms with Crippen molar-refractivity contribution < 1.29 is 4.74 Å². The van der Waals surface area contributed by atoms with Gasteiger partial charge in [0.25, 0.3) is 0 Å². The molecule has 0 unspecified atom stereocenters. The van der Waals surface area contributed by atoms with Crippen molar-refractivity contribution in [3.05, 3.63) is 51.6 Å². The molecule has 5 heteroatoms. The van der Waals surface area contributed by atoms with Gasteiger partial charge in [0.1, 0.15) is 5.75 Å². The molecule has 0 atom stereocenters. The van der Waals surface area contributed by atoms with E-state index >= 15 is 0 Å². The lowest BCUT2D eigenvalue weighted by Gasteiger charge is -2.10. The first-order valence-electron chi connectivity index (χ1n) is 5.83. The molecule has 0 aliphatic rings. The number of hydrogen-bond acceptors (Lipinski definition) is 3. The van der Waals surface area contributed by atoms with Crippen molar-refractivity contribution in [2.45, 2.75) is 13.5 Å². The van der Waals surface area contributed by atoms with E-state index in [0.29, 0.717) is 21.7 Å². The molecule has 0 fully saturated rings. The van der Waals surface area contributed by atoms with Crippen LogP contribution in [0.25, 0.3) is 0 Å². The fourth-order valence-corrected chi connectivity index (χ4v) is 2.01. The van der Waals surface area contributed by atoms with E-state index < -0.39 is 0 Å². The third-order valence-electron chi connectivity index (χ3n) is 2.57. The molecule has 0 saturated heterocycles. The number of nitrogens with one attached hydrogen (secondary N) is 1. The number of aromatic nitrogens is 1. The first kappa shape index (κ1) is 14.1. The van der Waals surface area contributed by atoms with Gasteiger partial charge in [0.15, 0.2) is 0 Å². The van der Waals surface area contributed by atoms with Gasteiger partial charge in [0.2, 0.25) is 5.88 Å². The van der Waals surface area contributed by atoms with Crippen LogP contribution in [0.15, 0.2) is 30.5 Å². The third-order valence-corrected chi connectivity index (χ3v) is 3.11. The molecule has 3 nitrogen and oxygen atoms in total. The normalized spacial score (nSPS) is 10.5. The second kappa shape index (κ2) is 6.24. The second-order valence-corrected chi connectivity index (χ2v) is 5.02. The SMILES string of the molecule is CNCc1cnc(Oc2cc(Cl)ccc2Cl)c(C)c1. The quantitative estimate of drug-likeness (QED) is 0.918. The molecular formula is C14H14Cl2N2O. The van der Waals surface area contributed by atoms with Gasteiger partial charge in [-0.25, -0.2) is 4.98 Å². The van der Waals surface area contributed by atoms with Gasteiger partial charge in [0.05, 0.1) is 5.02 Å². The maximum Gasteiger partial charge on any atom is 0.222 e. The van der Waals surface area contributed by atoms with Gasteiger partial charge in [-0.1, -0.05) is 23.2 Å². The predicted octanol–water partition coefficient (Wildman–Crippen LogP) is 4.21. The molecule has 1 N–H and O–H groups in total. The zero-order chi connectivity index (χ0) is 13.8. The number of hydrogen-bond donors (Lipinski definition) is 1. The van der Waals surface area contributed by atoms with Crippen LogP contribution in [0.5, 0.6) is 11.6 Å². The van der Waals surface area contributed by atoms with Crippen LogP contribution in [-0.4, -0.2) is 12.0 Å². The molecule has 2 rings (SSSR count). The van der Waals surface area contributed by atoms with Crippen molar-refractivity contribution >= 4 is 23.2 Å². The van der Waals surface area contributed by atoms with Crippen molar-refractivity contribution in [3.63, 3.8) is 0 Å². The molecule has 2 aromatic rings. The van der Waals surface area contributed by atoms with Crippen LogP contribution in [0.2, 0.25) is 10.0 Å². The van der Waals surface area contributed by atoms with Crippen molar-refractivity contribution in [1.82, 2.24) is 10.3 Å². The van der Waals surface area contributed by atoms with Gasteiger partial charge >= 0.3 is 0 Å². The summed E-state index contributed by atoms with van der Waals surface area (Å²) >= 11 is 12.0. The number of rotatable bonds is 4. The highest BCUT2D eigenvalue weighted by Gasteiger charge is 2.08. The van der Waals surface area contributed by atoms with Crippen LogP contribution < -0.4 is 10.1 Å².